The molecular formula is C48H30N4O. The number of rotatable bonds is 5. The van der Waals surface area contributed by atoms with Crippen LogP contribution in [0.2, 0.25) is 0 Å². The van der Waals surface area contributed by atoms with Gasteiger partial charge in [-0.3, -0.25) is 9.55 Å². The van der Waals surface area contributed by atoms with Crippen molar-refractivity contribution in [3.8, 4) is 56.3 Å². The highest BCUT2D eigenvalue weighted by Crippen LogP contribution is 2.45. The quantitative estimate of drug-likeness (QED) is 0.197. The van der Waals surface area contributed by atoms with E-state index in [0.29, 0.717) is 11.4 Å². The molecule has 0 aliphatic heterocycles. The lowest BCUT2D eigenvalue weighted by Gasteiger charge is -2.15. The Labute approximate surface area is 304 Å². The molecule has 0 fully saturated rings. The van der Waals surface area contributed by atoms with Gasteiger partial charge in [-0.15, -0.1) is 0 Å². The summed E-state index contributed by atoms with van der Waals surface area (Å²) in [6, 6.07) is 58.7. The van der Waals surface area contributed by atoms with Crippen molar-refractivity contribution >= 4 is 49.1 Å². The molecule has 1 N–H and O–H groups in total. The molecule has 0 saturated carbocycles. The van der Waals surface area contributed by atoms with Crippen molar-refractivity contribution in [2.75, 3.05) is 0 Å². The van der Waals surface area contributed by atoms with Crippen LogP contribution in [0, 0.1) is 0 Å². The van der Waals surface area contributed by atoms with Gasteiger partial charge in [0.05, 0.1) is 44.5 Å². The van der Waals surface area contributed by atoms with Gasteiger partial charge in [-0.05, 0) is 65.7 Å². The third-order valence-electron chi connectivity index (χ3n) is 10.6. The summed E-state index contributed by atoms with van der Waals surface area (Å²) >= 11 is 0. The summed E-state index contributed by atoms with van der Waals surface area (Å²) in [6.07, 6.45) is 1.87. The lowest BCUT2D eigenvalue weighted by molar-refractivity contribution is 0.477. The molecule has 0 atom stereocenters. The van der Waals surface area contributed by atoms with Crippen LogP contribution in [-0.4, -0.2) is 24.0 Å². The van der Waals surface area contributed by atoms with E-state index in [1.807, 2.05) is 36.5 Å². The molecule has 0 amide bonds. The van der Waals surface area contributed by atoms with Gasteiger partial charge in [-0.1, -0.05) is 115 Å². The average Bonchev–Trinajstić information content (AvgIpc) is 3.89. The fourth-order valence-electron chi connectivity index (χ4n) is 8.37. The molecule has 0 bridgehead atoms. The second-order valence-electron chi connectivity index (χ2n) is 13.5. The maximum Gasteiger partial charge on any atom is 0.149 e. The Morgan fingerprint density at radius 2 is 1.13 bits per heavy atom. The zero-order valence-electron chi connectivity index (χ0n) is 28.5. The van der Waals surface area contributed by atoms with Crippen LogP contribution in [0.1, 0.15) is 0 Å². The molecule has 0 radical (unpaired) electrons. The fourth-order valence-corrected chi connectivity index (χ4v) is 8.37. The molecule has 0 spiro atoms. The van der Waals surface area contributed by atoms with Crippen molar-refractivity contribution in [3.05, 3.63) is 176 Å². The molecule has 4 aromatic heterocycles. The van der Waals surface area contributed by atoms with Crippen molar-refractivity contribution in [1.29, 1.82) is 0 Å². The van der Waals surface area contributed by atoms with E-state index in [4.69, 9.17) is 9.97 Å². The Hall–Kier alpha value is -7.24. The summed E-state index contributed by atoms with van der Waals surface area (Å²) in [6.45, 7) is 0. The highest BCUT2D eigenvalue weighted by atomic mass is 16.3. The Kier molecular flexibility index (Phi) is 6.34. The number of phenols is 1. The minimum absolute atomic E-state index is 0.181. The molecule has 0 saturated heterocycles. The molecule has 5 heteroatoms. The molecule has 11 rings (SSSR count). The number of hydrogen-bond acceptors (Lipinski definition) is 3. The van der Waals surface area contributed by atoms with Crippen LogP contribution in [0.25, 0.3) is 99.7 Å². The van der Waals surface area contributed by atoms with Crippen LogP contribution in [0.3, 0.4) is 0 Å². The first-order chi connectivity index (χ1) is 26.2. The summed E-state index contributed by atoms with van der Waals surface area (Å²) in [5.41, 5.74) is 13.2. The van der Waals surface area contributed by atoms with Gasteiger partial charge in [-0.2, -0.15) is 0 Å². The van der Waals surface area contributed by atoms with Gasteiger partial charge in [0.2, 0.25) is 0 Å². The van der Waals surface area contributed by atoms with Gasteiger partial charge in [0, 0.05) is 44.4 Å². The normalized spacial score (nSPS) is 11.8. The summed E-state index contributed by atoms with van der Waals surface area (Å²) in [5, 5.41) is 16.1. The van der Waals surface area contributed by atoms with E-state index in [-0.39, 0.29) is 5.75 Å². The highest BCUT2D eigenvalue weighted by molar-refractivity contribution is 6.25. The van der Waals surface area contributed by atoms with E-state index < -0.39 is 0 Å². The predicted molar refractivity (Wildman–Crippen MR) is 217 cm³/mol. The van der Waals surface area contributed by atoms with E-state index in [9.17, 15) is 5.11 Å². The van der Waals surface area contributed by atoms with Gasteiger partial charge in [-0.25, -0.2) is 4.98 Å². The van der Waals surface area contributed by atoms with Crippen LogP contribution in [-0.2, 0) is 0 Å². The lowest BCUT2D eigenvalue weighted by atomic mass is 9.96. The number of nitrogens with zero attached hydrogens (tertiary/aromatic N) is 4. The van der Waals surface area contributed by atoms with E-state index in [1.165, 1.54) is 32.6 Å². The monoisotopic (exact) mass is 678 g/mol. The topological polar surface area (TPSA) is 55.4 Å². The SMILES string of the molecule is Oc1ccccc1-c1nc2c(-c3cc(-c4ccccn4)c4c(c3)c3cccc5c6ccccc6n4c53)cccc2n1-c1ccccc1-c1ccccc1. The zero-order chi connectivity index (χ0) is 35.0. The molecular weight excluding hydrogens is 649 g/mol. The standard InChI is InChI=1S/C48H30N4O/c53-44-26-9-6-18-37(44)48-50-45-33(19-13-25-43(45)51(48)41-23-7-4-16-32(41)30-14-2-1-3-15-30)31-28-38-36-21-12-20-35-34-17-5-8-24-42(34)52(46(35)36)47(38)39(29-31)40-22-10-11-27-49-40/h1-29,53H. The van der Waals surface area contributed by atoms with Crippen molar-refractivity contribution in [3.63, 3.8) is 0 Å². The van der Waals surface area contributed by atoms with Gasteiger partial charge in [0.15, 0.2) is 0 Å². The van der Waals surface area contributed by atoms with Crippen LogP contribution in [0.4, 0.5) is 0 Å². The first-order valence-corrected chi connectivity index (χ1v) is 17.8. The number of aromatic hydroxyl groups is 1. The van der Waals surface area contributed by atoms with E-state index in [2.05, 4.69) is 142 Å². The third kappa shape index (κ3) is 4.31. The summed E-state index contributed by atoms with van der Waals surface area (Å²) in [5.74, 6) is 0.854. The molecule has 0 aliphatic carbocycles. The van der Waals surface area contributed by atoms with Crippen LogP contribution in [0.15, 0.2) is 176 Å². The number of aromatic nitrogens is 4. The van der Waals surface area contributed by atoms with Gasteiger partial charge in [0.25, 0.3) is 0 Å². The number of fused-ring (bicyclic) bond motifs is 7. The number of phenolic OH excluding ortho intramolecular Hbond substituents is 1. The predicted octanol–water partition coefficient (Wildman–Crippen LogP) is 11.9. The molecule has 5 nitrogen and oxygen atoms in total. The fraction of sp³-hybridized carbons (Fsp3) is 0. The lowest BCUT2D eigenvalue weighted by Crippen LogP contribution is -2.00. The van der Waals surface area contributed by atoms with Crippen LogP contribution >= 0.6 is 0 Å². The molecule has 11 aromatic rings. The van der Waals surface area contributed by atoms with Crippen LogP contribution < -0.4 is 0 Å². The van der Waals surface area contributed by atoms with Crippen molar-refractivity contribution in [1.82, 2.24) is 18.9 Å². The number of hydrogen-bond donors (Lipinski definition) is 1. The number of pyridine rings is 1. The average molecular weight is 679 g/mol. The maximum atomic E-state index is 11.3. The molecule has 0 unspecified atom stereocenters. The molecule has 53 heavy (non-hydrogen) atoms. The minimum Gasteiger partial charge on any atom is -0.507 e. The largest absolute Gasteiger partial charge is 0.507 e. The Morgan fingerprint density at radius 3 is 1.98 bits per heavy atom. The Balaban J connectivity index is 1.25. The zero-order valence-corrected chi connectivity index (χ0v) is 28.5. The van der Waals surface area contributed by atoms with Gasteiger partial charge in [0.1, 0.15) is 11.6 Å². The van der Waals surface area contributed by atoms with Gasteiger partial charge >= 0.3 is 0 Å². The Morgan fingerprint density at radius 1 is 0.453 bits per heavy atom. The number of imidazole rings is 1. The van der Waals surface area contributed by atoms with Crippen LogP contribution in [0.5, 0.6) is 5.75 Å². The first kappa shape index (κ1) is 29.5. The third-order valence-corrected chi connectivity index (χ3v) is 10.6. The van der Waals surface area contributed by atoms with Gasteiger partial charge < -0.3 is 9.51 Å². The van der Waals surface area contributed by atoms with Crippen molar-refractivity contribution in [2.24, 2.45) is 0 Å². The van der Waals surface area contributed by atoms with Crippen molar-refractivity contribution in [2.45, 2.75) is 0 Å². The first-order valence-electron chi connectivity index (χ1n) is 17.8. The molecule has 0 aliphatic rings. The van der Waals surface area contributed by atoms with Crippen molar-refractivity contribution < 1.29 is 5.11 Å². The summed E-state index contributed by atoms with van der Waals surface area (Å²) in [7, 11) is 0. The molecule has 248 valence electrons. The molecule has 7 aromatic carbocycles. The smallest absolute Gasteiger partial charge is 0.149 e. The van der Waals surface area contributed by atoms with E-state index in [1.54, 1.807) is 6.07 Å². The Bertz CT molecular complexity index is 3180. The second kappa shape index (κ2) is 11.4. The number of benzene rings is 7. The highest BCUT2D eigenvalue weighted by Gasteiger charge is 2.24. The van der Waals surface area contributed by atoms with E-state index in [0.717, 1.165) is 55.7 Å². The number of para-hydroxylation sites is 5. The second-order valence-corrected chi connectivity index (χ2v) is 13.5. The van der Waals surface area contributed by atoms with E-state index >= 15 is 0 Å². The summed E-state index contributed by atoms with van der Waals surface area (Å²) < 4.78 is 4.62. The maximum absolute atomic E-state index is 11.3. The summed E-state index contributed by atoms with van der Waals surface area (Å²) in [4.78, 5) is 10.3. The minimum atomic E-state index is 0.181. The molecule has 4 heterocycles.